The third-order valence-corrected chi connectivity index (χ3v) is 1.46. The van der Waals surface area contributed by atoms with E-state index >= 15 is 0 Å². The maximum atomic E-state index is 6.90. The van der Waals surface area contributed by atoms with Crippen molar-refractivity contribution in [1.82, 2.24) is 5.01 Å². The largest absolute Gasteiger partial charge is 0.290 e. The highest BCUT2D eigenvalue weighted by molar-refractivity contribution is 5.49. The molecular weight excluding hydrogens is 152 g/mol. The van der Waals surface area contributed by atoms with Crippen molar-refractivity contribution in [2.75, 3.05) is 0 Å². The molecule has 0 saturated heterocycles. The molecule has 0 fully saturated rings. The van der Waals surface area contributed by atoms with Crippen LogP contribution in [0.3, 0.4) is 0 Å². The Labute approximate surface area is 70.8 Å². The second-order valence-corrected chi connectivity index (χ2v) is 2.31. The van der Waals surface area contributed by atoms with E-state index in [1.807, 2.05) is 30.3 Å². The van der Waals surface area contributed by atoms with E-state index in [9.17, 15) is 0 Å². The van der Waals surface area contributed by atoms with E-state index < -0.39 is 0 Å². The van der Waals surface area contributed by atoms with E-state index in [1.165, 1.54) is 5.01 Å². The molecular formula is C8H10N4. The first-order valence-corrected chi connectivity index (χ1v) is 3.55. The molecule has 0 aliphatic heterocycles. The summed E-state index contributed by atoms with van der Waals surface area (Å²) in [5.41, 5.74) is 7.75. The van der Waals surface area contributed by atoms with Crippen LogP contribution in [0, 0.1) is 10.9 Å². The van der Waals surface area contributed by atoms with Gasteiger partial charge >= 0.3 is 0 Å². The molecule has 0 saturated carbocycles. The van der Waals surface area contributed by atoms with Crippen molar-refractivity contribution in [3.8, 4) is 0 Å². The summed E-state index contributed by atoms with van der Waals surface area (Å²) in [6, 6.07) is 9.63. The average Bonchev–Trinajstić information content (AvgIpc) is 2.16. The van der Waals surface area contributed by atoms with Crippen LogP contribution < -0.4 is 0 Å². The van der Waals surface area contributed by atoms with Gasteiger partial charge in [0.1, 0.15) is 6.34 Å². The molecule has 2 N–H and O–H groups in total. The Balaban J connectivity index is 2.62. The Hall–Kier alpha value is -1.71. The third kappa shape index (κ3) is 2.16. The van der Waals surface area contributed by atoms with Gasteiger partial charge in [-0.1, -0.05) is 35.6 Å². The molecule has 0 unspecified atom stereocenters. The number of nitrogens with one attached hydrogen (secondary N) is 2. The summed E-state index contributed by atoms with van der Waals surface area (Å²) < 4.78 is 0. The molecule has 0 aliphatic rings. The lowest BCUT2D eigenvalue weighted by Crippen LogP contribution is -2.12. The fourth-order valence-corrected chi connectivity index (χ4v) is 0.880. The first kappa shape index (κ1) is 8.39. The van der Waals surface area contributed by atoms with Gasteiger partial charge in [-0.2, -0.15) is 5.53 Å². The fraction of sp³-hybridized carbons (Fsp3) is 0.125. The van der Waals surface area contributed by atoms with E-state index in [0.29, 0.717) is 6.54 Å². The summed E-state index contributed by atoms with van der Waals surface area (Å²) in [6.45, 7) is 0.480. The molecule has 0 bridgehead atoms. The highest BCUT2D eigenvalue weighted by Crippen LogP contribution is 2.02. The molecule has 0 atom stereocenters. The number of hydrogen-bond acceptors (Lipinski definition) is 3. The molecule has 1 aromatic rings. The van der Waals surface area contributed by atoms with Crippen LogP contribution in [-0.4, -0.2) is 11.3 Å². The minimum absolute atomic E-state index is 0.480. The van der Waals surface area contributed by atoms with Gasteiger partial charge in [-0.05, 0) is 5.56 Å². The third-order valence-electron chi connectivity index (χ3n) is 1.46. The maximum absolute atomic E-state index is 6.90. The van der Waals surface area contributed by atoms with Crippen molar-refractivity contribution >= 4 is 6.34 Å². The van der Waals surface area contributed by atoms with Crippen LogP contribution in [0.4, 0.5) is 0 Å². The molecule has 4 heteroatoms. The molecule has 0 aromatic heterocycles. The Kier molecular flexibility index (Phi) is 2.95. The minimum atomic E-state index is 0.480. The van der Waals surface area contributed by atoms with Gasteiger partial charge in [-0.15, -0.1) is 0 Å². The SMILES string of the molecule is N=CN(Cc1ccccc1)N=N. The quantitative estimate of drug-likeness (QED) is 0.302. The predicted molar refractivity (Wildman–Crippen MR) is 45.9 cm³/mol. The zero-order valence-corrected chi connectivity index (χ0v) is 6.57. The van der Waals surface area contributed by atoms with Gasteiger partial charge in [0.2, 0.25) is 0 Å². The number of rotatable bonds is 4. The second-order valence-electron chi connectivity index (χ2n) is 2.31. The van der Waals surface area contributed by atoms with Crippen molar-refractivity contribution in [3.63, 3.8) is 0 Å². The van der Waals surface area contributed by atoms with Crippen LogP contribution in [-0.2, 0) is 6.54 Å². The second kappa shape index (κ2) is 4.23. The van der Waals surface area contributed by atoms with Crippen LogP contribution in [0.5, 0.6) is 0 Å². The number of benzene rings is 1. The summed E-state index contributed by atoms with van der Waals surface area (Å²) >= 11 is 0. The van der Waals surface area contributed by atoms with E-state index in [4.69, 9.17) is 10.9 Å². The summed E-state index contributed by atoms with van der Waals surface area (Å²) in [7, 11) is 0. The van der Waals surface area contributed by atoms with E-state index in [-0.39, 0.29) is 0 Å². The molecule has 0 aliphatic carbocycles. The van der Waals surface area contributed by atoms with Gasteiger partial charge in [0, 0.05) is 0 Å². The number of hydrogen-bond donors (Lipinski definition) is 2. The van der Waals surface area contributed by atoms with Gasteiger partial charge in [-0.25, -0.2) is 5.01 Å². The van der Waals surface area contributed by atoms with Crippen LogP contribution in [0.1, 0.15) is 5.56 Å². The lowest BCUT2D eigenvalue weighted by Gasteiger charge is -2.08. The zero-order valence-electron chi connectivity index (χ0n) is 6.57. The topological polar surface area (TPSA) is 63.3 Å². The van der Waals surface area contributed by atoms with Crippen molar-refractivity contribution < 1.29 is 0 Å². The first-order valence-electron chi connectivity index (χ1n) is 3.55. The molecule has 0 amide bonds. The maximum Gasteiger partial charge on any atom is 0.105 e. The lowest BCUT2D eigenvalue weighted by atomic mass is 10.2. The standard InChI is InChI=1S/C8H10N4/c9-7-12(11-10)6-8-4-2-1-3-5-8/h1-5,7,9-10H,6H2. The molecule has 0 radical (unpaired) electrons. The summed E-state index contributed by atoms with van der Waals surface area (Å²) in [5.74, 6) is 0. The van der Waals surface area contributed by atoms with E-state index in [0.717, 1.165) is 11.9 Å². The van der Waals surface area contributed by atoms with Gasteiger partial charge in [0.25, 0.3) is 0 Å². The van der Waals surface area contributed by atoms with Gasteiger partial charge in [-0.3, -0.25) is 5.41 Å². The summed E-state index contributed by atoms with van der Waals surface area (Å²) in [5, 5.41) is 11.3. The first-order chi connectivity index (χ1) is 5.86. The predicted octanol–water partition coefficient (Wildman–Crippen LogP) is 2.04. The number of nitrogens with zero attached hydrogens (tertiary/aromatic N) is 2. The van der Waals surface area contributed by atoms with E-state index in [1.54, 1.807) is 0 Å². The normalized spacial score (nSPS) is 9.00. The smallest absolute Gasteiger partial charge is 0.105 e. The molecule has 0 heterocycles. The molecule has 0 spiro atoms. The molecule has 1 aromatic carbocycles. The minimum Gasteiger partial charge on any atom is -0.290 e. The summed E-state index contributed by atoms with van der Waals surface area (Å²) in [6.07, 6.45) is 1.03. The zero-order chi connectivity index (χ0) is 8.81. The highest BCUT2D eigenvalue weighted by atomic mass is 15.5. The van der Waals surface area contributed by atoms with Crippen LogP contribution in [0.2, 0.25) is 0 Å². The fourth-order valence-electron chi connectivity index (χ4n) is 0.880. The van der Waals surface area contributed by atoms with Gasteiger partial charge in [0.15, 0.2) is 0 Å². The highest BCUT2D eigenvalue weighted by Gasteiger charge is 1.96. The van der Waals surface area contributed by atoms with Crippen molar-refractivity contribution in [2.45, 2.75) is 6.54 Å². The van der Waals surface area contributed by atoms with Crippen LogP contribution >= 0.6 is 0 Å². The Morgan fingerprint density at radius 1 is 1.33 bits per heavy atom. The van der Waals surface area contributed by atoms with Crippen molar-refractivity contribution in [3.05, 3.63) is 35.9 Å². The van der Waals surface area contributed by atoms with Gasteiger partial charge in [0.05, 0.1) is 6.54 Å². The average molecular weight is 162 g/mol. The Morgan fingerprint density at radius 2 is 2.00 bits per heavy atom. The van der Waals surface area contributed by atoms with Crippen LogP contribution in [0.15, 0.2) is 35.6 Å². The van der Waals surface area contributed by atoms with Gasteiger partial charge < -0.3 is 0 Å². The lowest BCUT2D eigenvalue weighted by molar-refractivity contribution is 0.408. The Bertz CT molecular complexity index is 249. The summed E-state index contributed by atoms with van der Waals surface area (Å²) in [4.78, 5) is 0. The van der Waals surface area contributed by atoms with Crippen molar-refractivity contribution in [1.29, 1.82) is 10.9 Å². The molecule has 12 heavy (non-hydrogen) atoms. The molecule has 1 rings (SSSR count). The molecule has 62 valence electrons. The Morgan fingerprint density at radius 3 is 2.50 bits per heavy atom. The van der Waals surface area contributed by atoms with E-state index in [2.05, 4.69) is 5.22 Å². The van der Waals surface area contributed by atoms with Crippen LogP contribution in [0.25, 0.3) is 0 Å². The van der Waals surface area contributed by atoms with Crippen molar-refractivity contribution in [2.24, 2.45) is 5.22 Å². The molecule has 4 nitrogen and oxygen atoms in total. The monoisotopic (exact) mass is 162 g/mol.